The number of hydrogen-bond acceptors (Lipinski definition) is 7. The Labute approximate surface area is 152 Å². The van der Waals surface area contributed by atoms with Gasteiger partial charge in [0.2, 0.25) is 10.1 Å². The van der Waals surface area contributed by atoms with E-state index in [9.17, 15) is 4.79 Å². The number of nitrogens with zero attached hydrogens (tertiary/aromatic N) is 5. The number of methoxy groups -OCH3 is 1. The average molecular weight is 368 g/mol. The van der Waals surface area contributed by atoms with Crippen molar-refractivity contribution in [3.8, 4) is 5.75 Å². The van der Waals surface area contributed by atoms with Crippen LogP contribution in [0.2, 0.25) is 0 Å². The average Bonchev–Trinajstić information content (AvgIpc) is 3.26. The second-order valence-electron chi connectivity index (χ2n) is 5.63. The van der Waals surface area contributed by atoms with Crippen LogP contribution < -0.4 is 15.6 Å². The highest BCUT2D eigenvalue weighted by atomic mass is 32.1. The van der Waals surface area contributed by atoms with E-state index in [2.05, 4.69) is 20.4 Å². The molecule has 132 valence electrons. The maximum Gasteiger partial charge on any atom is 0.275 e. The van der Waals surface area contributed by atoms with E-state index < -0.39 is 0 Å². The van der Waals surface area contributed by atoms with Crippen molar-refractivity contribution in [2.45, 2.75) is 6.04 Å². The Balaban J connectivity index is 1.78. The molecule has 4 aromatic rings. The third-order valence-electron chi connectivity index (χ3n) is 3.98. The van der Waals surface area contributed by atoms with E-state index in [4.69, 9.17) is 4.74 Å². The van der Waals surface area contributed by atoms with Crippen LogP contribution in [0, 0.1) is 0 Å². The van der Waals surface area contributed by atoms with Crippen molar-refractivity contribution in [1.29, 1.82) is 0 Å². The Morgan fingerprint density at radius 1 is 1.23 bits per heavy atom. The van der Waals surface area contributed by atoms with Gasteiger partial charge in [-0.2, -0.15) is 4.52 Å². The molecule has 4 rings (SSSR count). The minimum atomic E-state index is -0.263. The van der Waals surface area contributed by atoms with Crippen molar-refractivity contribution in [3.63, 3.8) is 0 Å². The van der Waals surface area contributed by atoms with Crippen LogP contribution in [0.1, 0.15) is 17.4 Å². The fourth-order valence-corrected chi connectivity index (χ4v) is 3.50. The molecule has 0 amide bonds. The Morgan fingerprint density at radius 3 is 2.85 bits per heavy atom. The zero-order valence-corrected chi connectivity index (χ0v) is 15.0. The van der Waals surface area contributed by atoms with Crippen molar-refractivity contribution in [2.24, 2.45) is 7.05 Å². The SMILES string of the molecule is COc1cccc(C(Nc2nn3c(=O)ccnc3s2)c2nccn2C)c1. The van der Waals surface area contributed by atoms with E-state index in [0.29, 0.717) is 10.1 Å². The minimum Gasteiger partial charge on any atom is -0.497 e. The fraction of sp³-hybridized carbons (Fsp3) is 0.176. The lowest BCUT2D eigenvalue weighted by Gasteiger charge is -2.19. The number of benzene rings is 1. The van der Waals surface area contributed by atoms with Crippen LogP contribution in [0.4, 0.5) is 5.13 Å². The van der Waals surface area contributed by atoms with Gasteiger partial charge in [-0.05, 0) is 17.7 Å². The molecule has 0 aliphatic carbocycles. The first-order chi connectivity index (χ1) is 12.7. The second kappa shape index (κ2) is 6.60. The van der Waals surface area contributed by atoms with Crippen LogP contribution in [0.25, 0.3) is 4.96 Å². The molecule has 1 N–H and O–H groups in total. The summed E-state index contributed by atoms with van der Waals surface area (Å²) in [6.07, 6.45) is 5.11. The van der Waals surface area contributed by atoms with Gasteiger partial charge < -0.3 is 14.6 Å². The molecule has 26 heavy (non-hydrogen) atoms. The molecule has 8 nitrogen and oxygen atoms in total. The van der Waals surface area contributed by atoms with Gasteiger partial charge in [-0.3, -0.25) is 4.79 Å². The summed E-state index contributed by atoms with van der Waals surface area (Å²) in [5.41, 5.74) is 0.757. The Kier molecular flexibility index (Phi) is 4.13. The predicted octanol–water partition coefficient (Wildman–Crippen LogP) is 2.09. The normalized spacial score (nSPS) is 12.2. The Bertz CT molecular complexity index is 1120. The van der Waals surface area contributed by atoms with Crippen LogP contribution >= 0.6 is 11.3 Å². The molecule has 3 aromatic heterocycles. The summed E-state index contributed by atoms with van der Waals surface area (Å²) >= 11 is 1.31. The van der Waals surface area contributed by atoms with E-state index in [-0.39, 0.29) is 11.6 Å². The van der Waals surface area contributed by atoms with E-state index in [0.717, 1.165) is 17.1 Å². The van der Waals surface area contributed by atoms with Crippen molar-refractivity contribution < 1.29 is 4.74 Å². The van der Waals surface area contributed by atoms with E-state index in [1.54, 1.807) is 13.3 Å². The number of aryl methyl sites for hydroxylation is 1. The predicted molar refractivity (Wildman–Crippen MR) is 98.8 cm³/mol. The zero-order valence-electron chi connectivity index (χ0n) is 14.2. The number of hydrogen-bond donors (Lipinski definition) is 1. The van der Waals surface area contributed by atoms with E-state index in [1.165, 1.54) is 28.1 Å². The summed E-state index contributed by atoms with van der Waals surface area (Å²) in [5, 5.41) is 8.30. The molecule has 1 unspecified atom stereocenters. The van der Waals surface area contributed by atoms with Gasteiger partial charge in [0, 0.05) is 31.7 Å². The molecule has 0 aliphatic rings. The molecule has 0 bridgehead atoms. The first-order valence-electron chi connectivity index (χ1n) is 7.88. The van der Waals surface area contributed by atoms with Crippen molar-refractivity contribution >= 4 is 21.4 Å². The number of ether oxygens (including phenoxy) is 1. The van der Waals surface area contributed by atoms with Gasteiger partial charge in [0.1, 0.15) is 17.6 Å². The molecule has 3 heterocycles. The van der Waals surface area contributed by atoms with Crippen molar-refractivity contribution in [2.75, 3.05) is 12.4 Å². The van der Waals surface area contributed by atoms with Crippen molar-refractivity contribution in [1.82, 2.24) is 24.1 Å². The number of rotatable bonds is 5. The van der Waals surface area contributed by atoms with Crippen molar-refractivity contribution in [3.05, 3.63) is 70.7 Å². The lowest BCUT2D eigenvalue weighted by atomic mass is 10.1. The van der Waals surface area contributed by atoms with Gasteiger partial charge in [-0.15, -0.1) is 5.10 Å². The summed E-state index contributed by atoms with van der Waals surface area (Å²) in [5.74, 6) is 1.57. The molecule has 0 saturated carbocycles. The monoisotopic (exact) mass is 368 g/mol. The fourth-order valence-electron chi connectivity index (χ4n) is 2.70. The maximum absolute atomic E-state index is 11.9. The molecule has 0 fully saturated rings. The molecule has 0 radical (unpaired) electrons. The van der Waals surface area contributed by atoms with E-state index in [1.807, 2.05) is 42.1 Å². The third kappa shape index (κ3) is 2.93. The van der Waals surface area contributed by atoms with E-state index >= 15 is 0 Å². The highest BCUT2D eigenvalue weighted by molar-refractivity contribution is 7.20. The first-order valence-corrected chi connectivity index (χ1v) is 8.70. The van der Waals surface area contributed by atoms with Gasteiger partial charge in [-0.25, -0.2) is 9.97 Å². The maximum atomic E-state index is 11.9. The number of aromatic nitrogens is 5. The molecule has 1 atom stereocenters. The highest BCUT2D eigenvalue weighted by Crippen LogP contribution is 2.29. The molecule has 0 aliphatic heterocycles. The summed E-state index contributed by atoms with van der Waals surface area (Å²) in [4.78, 5) is 21.1. The molecular weight excluding hydrogens is 352 g/mol. The van der Waals surface area contributed by atoms with Crippen LogP contribution in [-0.2, 0) is 7.05 Å². The quantitative estimate of drug-likeness (QED) is 0.581. The Hall–Kier alpha value is -3.20. The number of imidazole rings is 1. The van der Waals surface area contributed by atoms with Gasteiger partial charge in [-0.1, -0.05) is 23.5 Å². The molecule has 0 spiro atoms. The molecule has 1 aromatic carbocycles. The largest absolute Gasteiger partial charge is 0.497 e. The summed E-state index contributed by atoms with van der Waals surface area (Å²) in [6, 6.07) is 8.88. The summed E-state index contributed by atoms with van der Waals surface area (Å²) in [7, 11) is 3.57. The molecule has 9 heteroatoms. The van der Waals surface area contributed by atoms with Gasteiger partial charge in [0.15, 0.2) is 0 Å². The third-order valence-corrected chi connectivity index (χ3v) is 4.84. The summed E-state index contributed by atoms with van der Waals surface area (Å²) in [6.45, 7) is 0. The van der Waals surface area contributed by atoms with Gasteiger partial charge in [0.25, 0.3) is 5.56 Å². The van der Waals surface area contributed by atoms with Crippen LogP contribution in [0.3, 0.4) is 0 Å². The smallest absolute Gasteiger partial charge is 0.275 e. The topological polar surface area (TPSA) is 86.3 Å². The summed E-state index contributed by atoms with van der Waals surface area (Å²) < 4.78 is 8.57. The lowest BCUT2D eigenvalue weighted by molar-refractivity contribution is 0.414. The van der Waals surface area contributed by atoms with Crippen LogP contribution in [0.15, 0.2) is 53.7 Å². The molecule has 0 saturated heterocycles. The number of anilines is 1. The minimum absolute atomic E-state index is 0.214. The van der Waals surface area contributed by atoms with Crippen LogP contribution in [0.5, 0.6) is 5.75 Å². The standard InChI is InChI=1S/C17H16N6O2S/c1-22-9-8-18-15(22)14(11-4-3-5-12(10-11)25-2)20-16-21-23-13(24)6-7-19-17(23)26-16/h3-10,14H,1-2H3,(H,20,21). The molecular formula is C17H16N6O2S. The highest BCUT2D eigenvalue weighted by Gasteiger charge is 2.21. The van der Waals surface area contributed by atoms with Gasteiger partial charge in [0.05, 0.1) is 7.11 Å². The van der Waals surface area contributed by atoms with Gasteiger partial charge >= 0.3 is 0 Å². The Morgan fingerprint density at radius 2 is 2.12 bits per heavy atom. The first kappa shape index (κ1) is 16.3. The zero-order chi connectivity index (χ0) is 18.1. The number of nitrogens with one attached hydrogen (secondary N) is 1. The lowest BCUT2D eigenvalue weighted by Crippen LogP contribution is -2.18. The second-order valence-corrected chi connectivity index (χ2v) is 6.59. The number of fused-ring (bicyclic) bond motifs is 1. The van der Waals surface area contributed by atoms with Crippen LogP contribution in [-0.4, -0.2) is 31.3 Å².